The van der Waals surface area contributed by atoms with Crippen molar-refractivity contribution in [3.8, 4) is 11.5 Å². The lowest BCUT2D eigenvalue weighted by Crippen LogP contribution is -2.40. The Labute approximate surface area is 143 Å². The molecule has 0 fully saturated rings. The van der Waals surface area contributed by atoms with Gasteiger partial charge in [0.05, 0.1) is 12.8 Å². The molecule has 1 aliphatic heterocycles. The first-order valence-corrected chi connectivity index (χ1v) is 9.71. The summed E-state index contributed by atoms with van der Waals surface area (Å²) in [5.41, 5.74) is 0.736. The lowest BCUT2D eigenvalue weighted by molar-refractivity contribution is -0.121. The van der Waals surface area contributed by atoms with E-state index in [4.69, 9.17) is 9.47 Å². The Morgan fingerprint density at radius 2 is 2.00 bits per heavy atom. The molecule has 1 aromatic rings. The maximum atomic E-state index is 12.0. The number of hydrogen-bond acceptors (Lipinski definition) is 5. The molecule has 1 amide bonds. The largest absolute Gasteiger partial charge is 0.454 e. The van der Waals surface area contributed by atoms with Crippen molar-refractivity contribution < 1.29 is 22.7 Å². The predicted molar refractivity (Wildman–Crippen MR) is 90.3 cm³/mol. The fourth-order valence-corrected chi connectivity index (χ4v) is 2.99. The third kappa shape index (κ3) is 5.38. The topological polar surface area (TPSA) is 84.9 Å². The second-order valence-electron chi connectivity index (χ2n) is 6.25. The zero-order chi connectivity index (χ0) is 17.7. The summed E-state index contributed by atoms with van der Waals surface area (Å²) in [6, 6.07) is 5.24. The molecule has 134 valence electrons. The number of amides is 1. The molecular formula is C16H24N2O5S. The highest BCUT2D eigenvalue weighted by Crippen LogP contribution is 2.32. The molecular weight excluding hydrogens is 332 g/mol. The van der Waals surface area contributed by atoms with Crippen LogP contribution in [0.25, 0.3) is 0 Å². The Kier molecular flexibility index (Phi) is 6.06. The van der Waals surface area contributed by atoms with Gasteiger partial charge < -0.3 is 14.8 Å². The first-order valence-electron chi connectivity index (χ1n) is 7.86. The van der Waals surface area contributed by atoms with E-state index in [1.807, 2.05) is 0 Å². The van der Waals surface area contributed by atoms with Crippen LogP contribution in [0.1, 0.15) is 25.8 Å². The van der Waals surface area contributed by atoms with Crippen LogP contribution in [0.5, 0.6) is 11.5 Å². The summed E-state index contributed by atoms with van der Waals surface area (Å²) in [5, 5.41) is 2.75. The van der Waals surface area contributed by atoms with Gasteiger partial charge in [-0.15, -0.1) is 0 Å². The Morgan fingerprint density at radius 3 is 2.67 bits per heavy atom. The van der Waals surface area contributed by atoms with Crippen molar-refractivity contribution in [2.24, 2.45) is 5.92 Å². The zero-order valence-electron chi connectivity index (χ0n) is 14.2. The van der Waals surface area contributed by atoms with Crippen LogP contribution in [-0.2, 0) is 21.4 Å². The second kappa shape index (κ2) is 7.85. The molecule has 1 N–H and O–H groups in total. The molecule has 0 saturated heterocycles. The van der Waals surface area contributed by atoms with Crippen LogP contribution < -0.4 is 14.8 Å². The highest BCUT2D eigenvalue weighted by molar-refractivity contribution is 7.88. The number of nitrogens with one attached hydrogen (secondary N) is 1. The third-order valence-corrected chi connectivity index (χ3v) is 4.82. The van der Waals surface area contributed by atoms with Crippen LogP contribution in [0.3, 0.4) is 0 Å². The van der Waals surface area contributed by atoms with E-state index in [2.05, 4.69) is 19.2 Å². The van der Waals surface area contributed by atoms with Crippen molar-refractivity contribution in [3.05, 3.63) is 23.8 Å². The smallest absolute Gasteiger partial charge is 0.235 e. The Bertz CT molecular complexity index is 688. The summed E-state index contributed by atoms with van der Waals surface area (Å²) in [7, 11) is -3.51. The molecule has 7 nitrogen and oxygen atoms in total. The zero-order valence-corrected chi connectivity index (χ0v) is 15.1. The molecule has 2 rings (SSSR count). The van der Waals surface area contributed by atoms with Gasteiger partial charge in [-0.2, -0.15) is 4.31 Å². The number of fused-ring (bicyclic) bond motifs is 1. The first-order chi connectivity index (χ1) is 11.3. The maximum absolute atomic E-state index is 12.0. The number of ether oxygens (including phenoxy) is 2. The Hall–Kier alpha value is -1.80. The number of carbonyl (C=O) groups excluding carboxylic acids is 1. The van der Waals surface area contributed by atoms with Crippen molar-refractivity contribution in [2.45, 2.75) is 26.8 Å². The van der Waals surface area contributed by atoms with Gasteiger partial charge in [0.15, 0.2) is 11.5 Å². The lowest BCUT2D eigenvalue weighted by Gasteiger charge is -2.20. The average Bonchev–Trinajstić information content (AvgIpc) is 2.92. The standard InChI is InChI=1S/C16H24N2O5S/c1-12(2)6-7-17-16(19)10-18(24(3,20)21)9-13-4-5-14-15(8-13)23-11-22-14/h4-5,8,12H,6-7,9-11H2,1-3H3,(H,17,19). The predicted octanol–water partition coefficient (Wildman–Crippen LogP) is 1.34. The van der Waals surface area contributed by atoms with E-state index in [0.29, 0.717) is 24.0 Å². The Balaban J connectivity index is 2.00. The molecule has 0 aliphatic carbocycles. The van der Waals surface area contributed by atoms with Crippen LogP contribution in [0.15, 0.2) is 18.2 Å². The molecule has 0 aromatic heterocycles. The molecule has 0 radical (unpaired) electrons. The second-order valence-corrected chi connectivity index (χ2v) is 8.23. The van der Waals surface area contributed by atoms with E-state index in [9.17, 15) is 13.2 Å². The lowest BCUT2D eigenvalue weighted by atomic mass is 10.1. The minimum absolute atomic E-state index is 0.104. The summed E-state index contributed by atoms with van der Waals surface area (Å²) >= 11 is 0. The van der Waals surface area contributed by atoms with Gasteiger partial charge in [-0.25, -0.2) is 8.42 Å². The van der Waals surface area contributed by atoms with Crippen molar-refractivity contribution in [3.63, 3.8) is 0 Å². The van der Waals surface area contributed by atoms with E-state index in [-0.39, 0.29) is 25.8 Å². The molecule has 8 heteroatoms. The van der Waals surface area contributed by atoms with Gasteiger partial charge in [0.1, 0.15) is 0 Å². The number of benzene rings is 1. The summed E-state index contributed by atoms with van der Waals surface area (Å²) < 4.78 is 35.6. The summed E-state index contributed by atoms with van der Waals surface area (Å²) in [5.74, 6) is 1.39. The number of nitrogens with zero attached hydrogens (tertiary/aromatic N) is 1. The van der Waals surface area contributed by atoms with Crippen LogP contribution in [-0.4, -0.2) is 44.8 Å². The number of hydrogen-bond donors (Lipinski definition) is 1. The van der Waals surface area contributed by atoms with Crippen molar-refractivity contribution in [1.82, 2.24) is 9.62 Å². The van der Waals surface area contributed by atoms with Gasteiger partial charge in [0.2, 0.25) is 22.7 Å². The Morgan fingerprint density at radius 1 is 1.29 bits per heavy atom. The first kappa shape index (κ1) is 18.5. The molecule has 1 heterocycles. The van der Waals surface area contributed by atoms with Crippen LogP contribution >= 0.6 is 0 Å². The van der Waals surface area contributed by atoms with E-state index >= 15 is 0 Å². The highest BCUT2D eigenvalue weighted by atomic mass is 32.2. The summed E-state index contributed by atoms with van der Waals surface area (Å²) in [6.45, 7) is 4.73. The monoisotopic (exact) mass is 356 g/mol. The number of sulfonamides is 1. The third-order valence-electron chi connectivity index (χ3n) is 3.63. The summed E-state index contributed by atoms with van der Waals surface area (Å²) in [4.78, 5) is 12.0. The van der Waals surface area contributed by atoms with Gasteiger partial charge in [-0.1, -0.05) is 19.9 Å². The van der Waals surface area contributed by atoms with Gasteiger partial charge >= 0.3 is 0 Å². The quantitative estimate of drug-likeness (QED) is 0.760. The van der Waals surface area contributed by atoms with Crippen molar-refractivity contribution >= 4 is 15.9 Å². The molecule has 1 aliphatic rings. The van der Waals surface area contributed by atoms with Crippen LogP contribution in [0.2, 0.25) is 0 Å². The van der Waals surface area contributed by atoms with E-state index in [1.54, 1.807) is 18.2 Å². The molecule has 0 atom stereocenters. The average molecular weight is 356 g/mol. The number of carbonyl (C=O) groups is 1. The minimum atomic E-state index is -3.51. The fraction of sp³-hybridized carbons (Fsp3) is 0.562. The minimum Gasteiger partial charge on any atom is -0.454 e. The van der Waals surface area contributed by atoms with E-state index < -0.39 is 10.0 Å². The molecule has 24 heavy (non-hydrogen) atoms. The van der Waals surface area contributed by atoms with Gasteiger partial charge in [0.25, 0.3) is 0 Å². The van der Waals surface area contributed by atoms with Gasteiger partial charge in [-0.3, -0.25) is 4.79 Å². The molecule has 0 unspecified atom stereocenters. The molecule has 0 bridgehead atoms. The highest BCUT2D eigenvalue weighted by Gasteiger charge is 2.22. The SMILES string of the molecule is CC(C)CCNC(=O)CN(Cc1ccc2c(c1)OCO2)S(C)(=O)=O. The van der Waals surface area contributed by atoms with E-state index in [0.717, 1.165) is 22.5 Å². The molecule has 1 aromatic carbocycles. The maximum Gasteiger partial charge on any atom is 0.235 e. The van der Waals surface area contributed by atoms with Gasteiger partial charge in [-0.05, 0) is 30.0 Å². The van der Waals surface area contributed by atoms with Crippen molar-refractivity contribution in [1.29, 1.82) is 0 Å². The fourth-order valence-electron chi connectivity index (χ4n) is 2.25. The van der Waals surface area contributed by atoms with E-state index in [1.165, 1.54) is 0 Å². The summed E-state index contributed by atoms with van der Waals surface area (Å²) in [6.07, 6.45) is 1.95. The van der Waals surface area contributed by atoms with Crippen LogP contribution in [0, 0.1) is 5.92 Å². The normalized spacial score (nSPS) is 13.5. The number of rotatable bonds is 8. The van der Waals surface area contributed by atoms with Gasteiger partial charge in [0, 0.05) is 13.1 Å². The molecule has 0 saturated carbocycles. The van der Waals surface area contributed by atoms with Crippen LogP contribution in [0.4, 0.5) is 0 Å². The molecule has 0 spiro atoms. The van der Waals surface area contributed by atoms with Crippen molar-refractivity contribution in [2.75, 3.05) is 26.1 Å².